The number of carboxylic acids is 2. The molecule has 0 unspecified atom stereocenters. The molecule has 0 spiro atoms. The standard InChI is InChI=1S/C8H14O4.K.Li/c1-7(2,3)8(4,5(9)10)6(11)12;;/h1-4H3,(H,9,10)(H,11,12);;/q;2*+1/p-2. The summed E-state index contributed by atoms with van der Waals surface area (Å²) in [5.41, 5.74) is -2.88. The van der Waals surface area contributed by atoms with Crippen molar-refractivity contribution in [2.24, 2.45) is 10.8 Å². The Bertz CT molecular complexity index is 208. The van der Waals surface area contributed by atoms with Crippen LogP contribution in [0.3, 0.4) is 0 Å². The summed E-state index contributed by atoms with van der Waals surface area (Å²) in [5, 5.41) is 21.2. The van der Waals surface area contributed by atoms with Gasteiger partial charge in [0, 0.05) is 0 Å². The van der Waals surface area contributed by atoms with Crippen LogP contribution in [0.25, 0.3) is 0 Å². The predicted octanol–water partition coefficient (Wildman–Crippen LogP) is -7.45. The maximum atomic E-state index is 10.6. The van der Waals surface area contributed by atoms with Crippen LogP contribution in [0, 0.1) is 10.8 Å². The molecule has 0 aromatic rings. The van der Waals surface area contributed by atoms with Crippen LogP contribution in [0.4, 0.5) is 0 Å². The van der Waals surface area contributed by atoms with E-state index in [0.717, 1.165) is 6.92 Å². The molecule has 0 atom stereocenters. The van der Waals surface area contributed by atoms with E-state index < -0.39 is 22.8 Å². The molecule has 0 aliphatic carbocycles. The van der Waals surface area contributed by atoms with Gasteiger partial charge in [-0.25, -0.2) is 0 Å². The molecule has 0 amide bonds. The zero-order chi connectivity index (χ0) is 10.2. The summed E-state index contributed by atoms with van der Waals surface area (Å²) in [6.07, 6.45) is 0. The van der Waals surface area contributed by atoms with Crippen molar-refractivity contribution in [3.8, 4) is 0 Å². The van der Waals surface area contributed by atoms with Crippen LogP contribution in [-0.2, 0) is 9.59 Å². The predicted molar refractivity (Wildman–Crippen MR) is 37.6 cm³/mol. The number of aliphatic carboxylic acids is 2. The van der Waals surface area contributed by atoms with Crippen LogP contribution in [0.5, 0.6) is 0 Å². The third-order valence-electron chi connectivity index (χ3n) is 2.32. The first kappa shape index (κ1) is 20.6. The molecule has 6 heteroatoms. The van der Waals surface area contributed by atoms with Gasteiger partial charge in [0.15, 0.2) is 0 Å². The maximum absolute atomic E-state index is 10.6. The van der Waals surface area contributed by atoms with Crippen molar-refractivity contribution in [3.63, 3.8) is 0 Å². The molecule has 0 aliphatic heterocycles. The number of carbonyl (C=O) groups is 2. The molecule has 14 heavy (non-hydrogen) atoms. The van der Waals surface area contributed by atoms with Crippen LogP contribution in [-0.4, -0.2) is 11.9 Å². The minimum Gasteiger partial charge on any atom is -0.549 e. The van der Waals surface area contributed by atoms with E-state index >= 15 is 0 Å². The van der Waals surface area contributed by atoms with Gasteiger partial charge in [-0.1, -0.05) is 20.8 Å². The molecule has 0 radical (unpaired) electrons. The molecule has 70 valence electrons. The molecule has 0 rings (SSSR count). The third kappa shape index (κ3) is 3.97. The van der Waals surface area contributed by atoms with E-state index in [1.165, 1.54) is 20.8 Å². The molecule has 0 aromatic carbocycles. The van der Waals surface area contributed by atoms with Crippen molar-refractivity contribution in [1.29, 1.82) is 0 Å². The van der Waals surface area contributed by atoms with Gasteiger partial charge in [-0.05, 0) is 12.3 Å². The molecule has 4 nitrogen and oxygen atoms in total. The first-order chi connectivity index (χ1) is 5.14. The summed E-state index contributed by atoms with van der Waals surface area (Å²) in [7, 11) is 0. The summed E-state index contributed by atoms with van der Waals surface area (Å²) in [6.45, 7) is 5.63. The van der Waals surface area contributed by atoms with E-state index in [9.17, 15) is 19.8 Å². The first-order valence-corrected chi connectivity index (χ1v) is 3.57. The quantitative estimate of drug-likeness (QED) is 0.340. The van der Waals surface area contributed by atoms with Crippen LogP contribution in [0.2, 0.25) is 0 Å². The Labute approximate surface area is 138 Å². The Morgan fingerprint density at radius 3 is 1.14 bits per heavy atom. The molecular weight excluding hydrogens is 206 g/mol. The van der Waals surface area contributed by atoms with E-state index in [1.54, 1.807) is 0 Å². The normalized spacial score (nSPS) is 10.9. The number of rotatable bonds is 2. The fraction of sp³-hybridized carbons (Fsp3) is 0.750. The zero-order valence-electron chi connectivity index (χ0n) is 9.63. The third-order valence-corrected chi connectivity index (χ3v) is 2.32. The Hall–Kier alpha value is 1.17. The van der Waals surface area contributed by atoms with Gasteiger partial charge in [-0.3, -0.25) is 0 Å². The summed E-state index contributed by atoms with van der Waals surface area (Å²) in [4.78, 5) is 21.2. The largest absolute Gasteiger partial charge is 1.00 e. The van der Waals surface area contributed by atoms with Gasteiger partial charge in [0.05, 0.1) is 17.4 Å². The Morgan fingerprint density at radius 2 is 1.14 bits per heavy atom. The average Bonchev–Trinajstić information content (AvgIpc) is 1.82. The Kier molecular flexibility index (Phi) is 9.83. The minimum absolute atomic E-state index is 0. The van der Waals surface area contributed by atoms with E-state index in [0.29, 0.717) is 0 Å². The topological polar surface area (TPSA) is 80.3 Å². The summed E-state index contributed by atoms with van der Waals surface area (Å²) in [6, 6.07) is 0. The molecule has 0 aromatic heterocycles. The average molecular weight is 218 g/mol. The van der Waals surface area contributed by atoms with E-state index in [2.05, 4.69) is 0 Å². The number of hydrogen-bond donors (Lipinski definition) is 0. The summed E-state index contributed by atoms with van der Waals surface area (Å²) >= 11 is 0. The number of hydrogen-bond acceptors (Lipinski definition) is 4. The van der Waals surface area contributed by atoms with Crippen LogP contribution in [0.15, 0.2) is 0 Å². The number of carbonyl (C=O) groups excluding carboxylic acids is 2. The van der Waals surface area contributed by atoms with Gasteiger partial charge in [0.1, 0.15) is 0 Å². The van der Waals surface area contributed by atoms with Crippen molar-refractivity contribution in [1.82, 2.24) is 0 Å². The van der Waals surface area contributed by atoms with Crippen molar-refractivity contribution >= 4 is 11.9 Å². The van der Waals surface area contributed by atoms with E-state index in [1.807, 2.05) is 0 Å². The second-order valence-corrected chi connectivity index (χ2v) is 3.95. The van der Waals surface area contributed by atoms with Crippen molar-refractivity contribution in [2.75, 3.05) is 0 Å². The molecule has 0 aliphatic rings. The summed E-state index contributed by atoms with van der Waals surface area (Å²) < 4.78 is 0. The fourth-order valence-corrected chi connectivity index (χ4v) is 0.696. The van der Waals surface area contributed by atoms with Gasteiger partial charge >= 0.3 is 70.2 Å². The second kappa shape index (κ2) is 6.69. The van der Waals surface area contributed by atoms with E-state index in [-0.39, 0.29) is 70.2 Å². The zero-order valence-corrected chi connectivity index (χ0v) is 12.8. The fourth-order valence-electron chi connectivity index (χ4n) is 0.696. The van der Waals surface area contributed by atoms with Gasteiger partial charge < -0.3 is 19.8 Å². The van der Waals surface area contributed by atoms with Gasteiger partial charge in [0.2, 0.25) is 0 Å². The minimum atomic E-state index is -1.95. The molecule has 0 heterocycles. The first-order valence-electron chi connectivity index (χ1n) is 3.57. The van der Waals surface area contributed by atoms with Crippen LogP contribution in [0.1, 0.15) is 27.7 Å². The van der Waals surface area contributed by atoms with Crippen LogP contribution >= 0.6 is 0 Å². The van der Waals surface area contributed by atoms with Gasteiger partial charge in [-0.2, -0.15) is 0 Å². The van der Waals surface area contributed by atoms with E-state index in [4.69, 9.17) is 0 Å². The monoisotopic (exact) mass is 218 g/mol. The molecule has 0 bridgehead atoms. The van der Waals surface area contributed by atoms with Crippen molar-refractivity contribution < 1.29 is 90.0 Å². The van der Waals surface area contributed by atoms with Crippen LogP contribution < -0.4 is 80.5 Å². The SMILES string of the molecule is CC(C)(C)C(C)(C(=O)[O-])C(=O)[O-].[K+].[Li+]. The molecular formula is C8H12KLiO4. The maximum Gasteiger partial charge on any atom is 1.00 e. The van der Waals surface area contributed by atoms with Gasteiger partial charge in [0.25, 0.3) is 0 Å². The Balaban J connectivity index is -0.000000605. The second-order valence-electron chi connectivity index (χ2n) is 3.95. The molecule has 0 fully saturated rings. The number of carboxylic acid groups (broad SMARTS) is 2. The Morgan fingerprint density at radius 1 is 0.929 bits per heavy atom. The molecule has 0 saturated carbocycles. The molecule has 0 N–H and O–H groups in total. The summed E-state index contributed by atoms with van der Waals surface area (Å²) in [5.74, 6) is -3.23. The van der Waals surface area contributed by atoms with Crippen molar-refractivity contribution in [3.05, 3.63) is 0 Å². The molecule has 0 saturated heterocycles. The smallest absolute Gasteiger partial charge is 0.549 e. The van der Waals surface area contributed by atoms with Gasteiger partial charge in [-0.15, -0.1) is 0 Å². The van der Waals surface area contributed by atoms with Crippen molar-refractivity contribution in [2.45, 2.75) is 27.7 Å².